The van der Waals surface area contributed by atoms with Crippen LogP contribution < -0.4 is 0 Å². The van der Waals surface area contributed by atoms with Gasteiger partial charge in [-0.05, 0) is 114 Å². The highest BCUT2D eigenvalue weighted by Gasteiger charge is 2.37. The minimum absolute atomic E-state index is 0.172. The average molecular weight is 843 g/mol. The zero-order valence-corrected chi connectivity index (χ0v) is 36.6. The highest BCUT2D eigenvalue weighted by Crippen LogP contribution is 2.54. The molecule has 2 heterocycles. The molecule has 2 aromatic heterocycles. The van der Waals surface area contributed by atoms with Gasteiger partial charge >= 0.3 is 0 Å². The summed E-state index contributed by atoms with van der Waals surface area (Å²) in [5, 5.41) is 7.09. The summed E-state index contributed by atoms with van der Waals surface area (Å²) in [6, 6.07) is 78.5. The van der Waals surface area contributed by atoms with Gasteiger partial charge in [-0.1, -0.05) is 196 Å². The predicted octanol–water partition coefficient (Wildman–Crippen LogP) is 17.0. The maximum atomic E-state index is 6.14. The zero-order valence-electron chi connectivity index (χ0n) is 36.6. The quantitative estimate of drug-likeness (QED) is 0.167. The second-order valence-corrected chi connectivity index (χ2v) is 18.1. The predicted molar refractivity (Wildman–Crippen MR) is 275 cm³/mol. The van der Waals surface area contributed by atoms with Gasteiger partial charge in [0, 0.05) is 32.9 Å². The Balaban J connectivity index is 0.992. The number of rotatable bonds is 6. The van der Waals surface area contributed by atoms with E-state index in [0.717, 1.165) is 88.6 Å². The van der Waals surface area contributed by atoms with Crippen LogP contribution in [0.4, 0.5) is 0 Å². The SMILES string of the molecule is CC1(C)c2cc3ccccc3cc2-c2c(-c3ccc4ccccc4c3-c3cc(-c4ccccc4-c4ccc(-c5ccc6oc7ccccc7c6c5)cc4)nc(-c4ccccc4)n3)cccc21. The lowest BCUT2D eigenvalue weighted by atomic mass is 9.81. The summed E-state index contributed by atoms with van der Waals surface area (Å²) in [7, 11) is 0. The zero-order chi connectivity index (χ0) is 43.9. The Labute approximate surface area is 383 Å². The van der Waals surface area contributed by atoms with Crippen LogP contribution >= 0.6 is 0 Å². The van der Waals surface area contributed by atoms with Crippen molar-refractivity contribution in [2.75, 3.05) is 0 Å². The molecule has 0 fully saturated rings. The Morgan fingerprint density at radius 2 is 0.955 bits per heavy atom. The van der Waals surface area contributed by atoms with Crippen molar-refractivity contribution in [1.82, 2.24) is 9.97 Å². The molecule has 12 aromatic rings. The van der Waals surface area contributed by atoms with Gasteiger partial charge in [0.25, 0.3) is 0 Å². The van der Waals surface area contributed by atoms with Crippen LogP contribution in [0.1, 0.15) is 25.0 Å². The maximum absolute atomic E-state index is 6.14. The number of nitrogens with zero attached hydrogens (tertiary/aromatic N) is 2. The largest absolute Gasteiger partial charge is 0.456 e. The van der Waals surface area contributed by atoms with Crippen molar-refractivity contribution >= 4 is 43.5 Å². The average Bonchev–Trinajstić information content (AvgIpc) is 3.86. The fourth-order valence-electron chi connectivity index (χ4n) is 10.6. The van der Waals surface area contributed by atoms with Crippen molar-refractivity contribution in [2.24, 2.45) is 0 Å². The number of para-hydroxylation sites is 1. The second-order valence-electron chi connectivity index (χ2n) is 18.1. The summed E-state index contributed by atoms with van der Waals surface area (Å²) in [4.78, 5) is 10.9. The summed E-state index contributed by atoms with van der Waals surface area (Å²) in [6.45, 7) is 4.74. The highest BCUT2D eigenvalue weighted by molar-refractivity contribution is 6.09. The van der Waals surface area contributed by atoms with Gasteiger partial charge in [-0.15, -0.1) is 0 Å². The van der Waals surface area contributed by atoms with Crippen molar-refractivity contribution in [1.29, 1.82) is 0 Å². The molecule has 0 radical (unpaired) electrons. The first-order valence-electron chi connectivity index (χ1n) is 22.7. The molecule has 0 N–H and O–H groups in total. The molecule has 3 heteroatoms. The highest BCUT2D eigenvalue weighted by atomic mass is 16.3. The first-order chi connectivity index (χ1) is 32.5. The molecule has 3 nitrogen and oxygen atoms in total. The van der Waals surface area contributed by atoms with Crippen LogP contribution in [0.2, 0.25) is 0 Å². The molecule has 0 bridgehead atoms. The minimum atomic E-state index is -0.172. The molecule has 0 unspecified atom stereocenters. The molecule has 310 valence electrons. The van der Waals surface area contributed by atoms with E-state index in [9.17, 15) is 0 Å². The Morgan fingerprint density at radius 1 is 0.333 bits per heavy atom. The van der Waals surface area contributed by atoms with E-state index >= 15 is 0 Å². The van der Waals surface area contributed by atoms with Crippen molar-refractivity contribution < 1.29 is 4.42 Å². The van der Waals surface area contributed by atoms with E-state index in [1.807, 2.05) is 18.2 Å². The number of fused-ring (bicyclic) bond motifs is 8. The molecule has 0 atom stereocenters. The Hall–Kier alpha value is -8.40. The topological polar surface area (TPSA) is 38.9 Å². The third kappa shape index (κ3) is 6.04. The molecule has 1 aliphatic carbocycles. The van der Waals surface area contributed by atoms with E-state index in [4.69, 9.17) is 14.4 Å². The summed E-state index contributed by atoms with van der Waals surface area (Å²) < 4.78 is 6.14. The fraction of sp³-hybridized carbons (Fsp3) is 0.0476. The van der Waals surface area contributed by atoms with E-state index in [-0.39, 0.29) is 5.41 Å². The standard InChI is InChI=1S/C63H42N2O/c1-63(2)54-25-14-24-50(60(54)53-36-43-18-6-7-19-44(43)37-55(53)63)51-33-31-40-15-8-9-21-47(40)61(51)57-38-56(64-62(65-57)42-16-4-3-5-17-42)48-22-11-10-20-46(48)41-29-27-39(28-30-41)45-32-34-59-52(35-45)49-23-12-13-26-58(49)66-59/h3-38H,1-2H3. The molecule has 66 heavy (non-hydrogen) atoms. The Bertz CT molecular complexity index is 3900. The van der Waals surface area contributed by atoms with E-state index in [1.165, 1.54) is 38.6 Å². The number of hydrogen-bond acceptors (Lipinski definition) is 3. The number of aromatic nitrogens is 2. The van der Waals surface area contributed by atoms with Crippen molar-refractivity contribution in [2.45, 2.75) is 19.3 Å². The second kappa shape index (κ2) is 14.8. The summed E-state index contributed by atoms with van der Waals surface area (Å²) >= 11 is 0. The smallest absolute Gasteiger partial charge is 0.160 e. The number of furan rings is 1. The molecular weight excluding hydrogens is 801 g/mol. The van der Waals surface area contributed by atoms with Crippen LogP contribution in [0, 0.1) is 0 Å². The summed E-state index contributed by atoms with van der Waals surface area (Å²) in [5.41, 5.74) is 18.7. The van der Waals surface area contributed by atoms with Gasteiger partial charge in [0.2, 0.25) is 0 Å². The molecule has 0 saturated heterocycles. The Kier molecular flexibility index (Phi) is 8.56. The lowest BCUT2D eigenvalue weighted by Crippen LogP contribution is -2.14. The van der Waals surface area contributed by atoms with Crippen molar-refractivity contribution in [3.05, 3.63) is 230 Å². The van der Waals surface area contributed by atoms with Crippen molar-refractivity contribution in [3.8, 4) is 78.4 Å². The first-order valence-corrected chi connectivity index (χ1v) is 22.7. The number of benzene rings is 10. The third-order valence-electron chi connectivity index (χ3n) is 13.9. The fourth-order valence-corrected chi connectivity index (χ4v) is 10.6. The van der Waals surface area contributed by atoms with Crippen LogP contribution in [0.25, 0.3) is 122 Å². The van der Waals surface area contributed by atoms with Crippen LogP contribution in [0.5, 0.6) is 0 Å². The summed E-state index contributed by atoms with van der Waals surface area (Å²) in [6.07, 6.45) is 0. The summed E-state index contributed by atoms with van der Waals surface area (Å²) in [5.74, 6) is 0.686. The normalized spacial score (nSPS) is 12.8. The molecule has 0 spiro atoms. The minimum Gasteiger partial charge on any atom is -0.456 e. The molecule has 0 aliphatic heterocycles. The molecule has 1 aliphatic rings. The van der Waals surface area contributed by atoms with E-state index < -0.39 is 0 Å². The molecule has 13 rings (SSSR count). The van der Waals surface area contributed by atoms with Crippen LogP contribution in [0.15, 0.2) is 223 Å². The van der Waals surface area contributed by atoms with Gasteiger partial charge < -0.3 is 4.42 Å². The Morgan fingerprint density at radius 3 is 1.79 bits per heavy atom. The van der Waals surface area contributed by atoms with E-state index in [0.29, 0.717) is 5.82 Å². The molecule has 0 amide bonds. The van der Waals surface area contributed by atoms with Crippen LogP contribution in [-0.4, -0.2) is 9.97 Å². The number of hydrogen-bond donors (Lipinski definition) is 0. The first kappa shape index (κ1) is 38.1. The van der Waals surface area contributed by atoms with Crippen LogP contribution in [0.3, 0.4) is 0 Å². The van der Waals surface area contributed by atoms with Gasteiger partial charge in [-0.3, -0.25) is 0 Å². The molecule has 10 aromatic carbocycles. The van der Waals surface area contributed by atoms with Crippen LogP contribution in [-0.2, 0) is 5.41 Å². The maximum Gasteiger partial charge on any atom is 0.160 e. The molecular formula is C63H42N2O. The van der Waals surface area contributed by atoms with Gasteiger partial charge in [0.15, 0.2) is 5.82 Å². The van der Waals surface area contributed by atoms with Gasteiger partial charge in [-0.2, -0.15) is 0 Å². The van der Waals surface area contributed by atoms with Gasteiger partial charge in [-0.25, -0.2) is 9.97 Å². The third-order valence-corrected chi connectivity index (χ3v) is 13.9. The lowest BCUT2D eigenvalue weighted by Gasteiger charge is -2.22. The van der Waals surface area contributed by atoms with Gasteiger partial charge in [0.05, 0.1) is 11.4 Å². The lowest BCUT2D eigenvalue weighted by molar-refractivity contribution is 0.661. The van der Waals surface area contributed by atoms with E-state index in [1.54, 1.807) is 0 Å². The monoisotopic (exact) mass is 842 g/mol. The molecule has 0 saturated carbocycles. The van der Waals surface area contributed by atoms with Gasteiger partial charge in [0.1, 0.15) is 11.2 Å². The van der Waals surface area contributed by atoms with E-state index in [2.05, 4.69) is 214 Å². The van der Waals surface area contributed by atoms with Crippen molar-refractivity contribution in [3.63, 3.8) is 0 Å².